The Labute approximate surface area is 187 Å². The molecule has 164 valence electrons. The molecule has 2 aromatic carbocycles. The SMILES string of the molecule is COc1ccc(/C=C/C(=O)NCC(=O)N2CCN(c3ccc(Cl)cc3)CC2)c(OC)c1. The van der Waals surface area contributed by atoms with E-state index in [2.05, 4.69) is 10.2 Å². The zero-order valence-corrected chi connectivity index (χ0v) is 18.4. The van der Waals surface area contributed by atoms with Gasteiger partial charge >= 0.3 is 0 Å². The first kappa shape index (κ1) is 22.5. The van der Waals surface area contributed by atoms with E-state index in [-0.39, 0.29) is 18.4 Å². The predicted molar refractivity (Wildman–Crippen MR) is 122 cm³/mol. The zero-order chi connectivity index (χ0) is 22.2. The summed E-state index contributed by atoms with van der Waals surface area (Å²) in [5, 5.41) is 3.35. The van der Waals surface area contributed by atoms with Crippen LogP contribution in [-0.2, 0) is 9.59 Å². The minimum absolute atomic E-state index is 0.0378. The van der Waals surface area contributed by atoms with Gasteiger partial charge in [-0.05, 0) is 42.5 Å². The smallest absolute Gasteiger partial charge is 0.244 e. The van der Waals surface area contributed by atoms with Crippen LogP contribution in [0.3, 0.4) is 0 Å². The van der Waals surface area contributed by atoms with Crippen molar-refractivity contribution in [1.82, 2.24) is 10.2 Å². The fourth-order valence-electron chi connectivity index (χ4n) is 3.32. The van der Waals surface area contributed by atoms with Gasteiger partial charge in [-0.15, -0.1) is 0 Å². The lowest BCUT2D eigenvalue weighted by Gasteiger charge is -2.36. The number of carbonyl (C=O) groups is 2. The van der Waals surface area contributed by atoms with Crippen molar-refractivity contribution in [2.75, 3.05) is 51.8 Å². The van der Waals surface area contributed by atoms with Crippen LogP contribution >= 0.6 is 11.6 Å². The quantitative estimate of drug-likeness (QED) is 0.666. The summed E-state index contributed by atoms with van der Waals surface area (Å²) in [5.41, 5.74) is 1.83. The van der Waals surface area contributed by atoms with Crippen LogP contribution in [0.25, 0.3) is 6.08 Å². The highest BCUT2D eigenvalue weighted by Crippen LogP contribution is 2.25. The Morgan fingerprint density at radius 3 is 2.39 bits per heavy atom. The second-order valence-corrected chi connectivity index (χ2v) is 7.44. The Morgan fingerprint density at radius 2 is 1.74 bits per heavy atom. The molecule has 0 spiro atoms. The molecule has 1 aliphatic heterocycles. The number of hydrogen-bond donors (Lipinski definition) is 1. The van der Waals surface area contributed by atoms with Crippen LogP contribution in [0, 0.1) is 0 Å². The number of ether oxygens (including phenoxy) is 2. The van der Waals surface area contributed by atoms with Crippen molar-refractivity contribution in [3.05, 3.63) is 59.1 Å². The first-order valence-corrected chi connectivity index (χ1v) is 10.3. The average Bonchev–Trinajstić information content (AvgIpc) is 2.81. The van der Waals surface area contributed by atoms with Crippen LogP contribution in [0.5, 0.6) is 11.5 Å². The number of methoxy groups -OCH3 is 2. The molecule has 0 aromatic heterocycles. The zero-order valence-electron chi connectivity index (χ0n) is 17.6. The Balaban J connectivity index is 1.46. The number of carbonyl (C=O) groups excluding carboxylic acids is 2. The van der Waals surface area contributed by atoms with Gasteiger partial charge in [0.15, 0.2) is 0 Å². The van der Waals surface area contributed by atoms with Crippen molar-refractivity contribution in [2.45, 2.75) is 0 Å². The topological polar surface area (TPSA) is 71.1 Å². The van der Waals surface area contributed by atoms with E-state index in [0.29, 0.717) is 29.6 Å². The Hall–Kier alpha value is -3.19. The molecule has 0 atom stereocenters. The summed E-state index contributed by atoms with van der Waals surface area (Å²) in [4.78, 5) is 28.6. The van der Waals surface area contributed by atoms with Gasteiger partial charge in [-0.3, -0.25) is 9.59 Å². The monoisotopic (exact) mass is 443 g/mol. The second-order valence-electron chi connectivity index (χ2n) is 7.00. The van der Waals surface area contributed by atoms with Gasteiger partial charge in [-0.2, -0.15) is 0 Å². The number of nitrogens with one attached hydrogen (secondary N) is 1. The molecule has 8 heteroatoms. The normalized spacial score (nSPS) is 13.9. The molecule has 1 fully saturated rings. The number of benzene rings is 2. The van der Waals surface area contributed by atoms with Crippen molar-refractivity contribution >= 4 is 35.2 Å². The molecule has 1 aliphatic rings. The summed E-state index contributed by atoms with van der Waals surface area (Å²) in [6.45, 7) is 2.65. The minimum atomic E-state index is -0.342. The summed E-state index contributed by atoms with van der Waals surface area (Å²) in [7, 11) is 3.13. The van der Waals surface area contributed by atoms with Crippen molar-refractivity contribution < 1.29 is 19.1 Å². The third kappa shape index (κ3) is 6.15. The van der Waals surface area contributed by atoms with Gasteiger partial charge < -0.3 is 24.6 Å². The maximum absolute atomic E-state index is 12.5. The second kappa shape index (κ2) is 10.7. The molecule has 1 saturated heterocycles. The van der Waals surface area contributed by atoms with Crippen molar-refractivity contribution in [1.29, 1.82) is 0 Å². The standard InChI is InChI=1S/C23H26ClN3O4/c1-30-20-9-3-17(21(15-20)31-2)4-10-22(28)25-16-23(29)27-13-11-26(12-14-27)19-7-5-18(24)6-8-19/h3-10,15H,11-14,16H2,1-2H3,(H,25,28)/b10-4+. The number of nitrogens with zero attached hydrogens (tertiary/aromatic N) is 2. The highest BCUT2D eigenvalue weighted by molar-refractivity contribution is 6.30. The maximum atomic E-state index is 12.5. The predicted octanol–water partition coefficient (Wildman–Crippen LogP) is 2.84. The van der Waals surface area contributed by atoms with Gasteiger partial charge in [-0.25, -0.2) is 0 Å². The van der Waals surface area contributed by atoms with Gasteiger partial charge in [0.2, 0.25) is 11.8 Å². The van der Waals surface area contributed by atoms with Crippen LogP contribution < -0.4 is 19.7 Å². The minimum Gasteiger partial charge on any atom is -0.497 e. The van der Waals surface area contributed by atoms with Crippen LogP contribution in [0.4, 0.5) is 5.69 Å². The number of hydrogen-bond acceptors (Lipinski definition) is 5. The first-order valence-electron chi connectivity index (χ1n) is 9.96. The molecule has 0 unspecified atom stereocenters. The van der Waals surface area contributed by atoms with E-state index in [1.165, 1.54) is 6.08 Å². The number of rotatable bonds is 7. The average molecular weight is 444 g/mol. The lowest BCUT2D eigenvalue weighted by atomic mass is 10.1. The Kier molecular flexibility index (Phi) is 7.78. The van der Waals surface area contributed by atoms with E-state index in [4.69, 9.17) is 21.1 Å². The number of amides is 2. The Bertz CT molecular complexity index is 938. The molecular weight excluding hydrogens is 418 g/mol. The molecule has 31 heavy (non-hydrogen) atoms. The van der Waals surface area contributed by atoms with Crippen molar-refractivity contribution in [3.63, 3.8) is 0 Å². The van der Waals surface area contributed by atoms with E-state index in [1.54, 1.807) is 43.4 Å². The molecule has 3 rings (SSSR count). The van der Waals surface area contributed by atoms with E-state index >= 15 is 0 Å². The van der Waals surface area contributed by atoms with Gasteiger partial charge in [0, 0.05) is 54.6 Å². The third-order valence-electron chi connectivity index (χ3n) is 5.09. The van der Waals surface area contributed by atoms with Gasteiger partial charge in [0.25, 0.3) is 0 Å². The summed E-state index contributed by atoms with van der Waals surface area (Å²) in [6, 6.07) is 13.0. The largest absolute Gasteiger partial charge is 0.497 e. The summed E-state index contributed by atoms with van der Waals surface area (Å²) in [6.07, 6.45) is 3.03. The molecule has 0 saturated carbocycles. The van der Waals surface area contributed by atoms with Crippen LogP contribution in [0.15, 0.2) is 48.5 Å². The maximum Gasteiger partial charge on any atom is 0.244 e. The fourth-order valence-corrected chi connectivity index (χ4v) is 3.45. The van der Waals surface area contributed by atoms with Crippen LogP contribution in [0.1, 0.15) is 5.56 Å². The Morgan fingerprint density at radius 1 is 1.03 bits per heavy atom. The van der Waals surface area contributed by atoms with E-state index in [9.17, 15) is 9.59 Å². The van der Waals surface area contributed by atoms with Gasteiger partial charge in [0.05, 0.1) is 20.8 Å². The van der Waals surface area contributed by atoms with Crippen LogP contribution in [-0.4, -0.2) is 63.7 Å². The third-order valence-corrected chi connectivity index (χ3v) is 5.34. The number of anilines is 1. The van der Waals surface area contributed by atoms with E-state index in [0.717, 1.165) is 24.3 Å². The summed E-state index contributed by atoms with van der Waals surface area (Å²) >= 11 is 5.94. The summed E-state index contributed by atoms with van der Waals surface area (Å²) < 4.78 is 10.5. The molecule has 0 aliphatic carbocycles. The van der Waals surface area contributed by atoms with E-state index < -0.39 is 0 Å². The fraction of sp³-hybridized carbons (Fsp3) is 0.304. The molecule has 2 amide bonds. The van der Waals surface area contributed by atoms with E-state index in [1.807, 2.05) is 24.3 Å². The number of halogens is 1. The lowest BCUT2D eigenvalue weighted by Crippen LogP contribution is -2.51. The molecule has 7 nitrogen and oxygen atoms in total. The number of piperazine rings is 1. The molecule has 0 bridgehead atoms. The highest BCUT2D eigenvalue weighted by Gasteiger charge is 2.21. The molecule has 0 radical (unpaired) electrons. The first-order chi connectivity index (χ1) is 15.0. The van der Waals surface area contributed by atoms with Gasteiger partial charge in [-0.1, -0.05) is 11.6 Å². The van der Waals surface area contributed by atoms with Gasteiger partial charge in [0.1, 0.15) is 11.5 Å². The highest BCUT2D eigenvalue weighted by atomic mass is 35.5. The molecule has 2 aromatic rings. The molecule has 1 heterocycles. The van der Waals surface area contributed by atoms with Crippen molar-refractivity contribution in [2.24, 2.45) is 0 Å². The molecular formula is C23H26ClN3O4. The molecule has 1 N–H and O–H groups in total. The van der Waals surface area contributed by atoms with Crippen molar-refractivity contribution in [3.8, 4) is 11.5 Å². The summed E-state index contributed by atoms with van der Waals surface area (Å²) in [5.74, 6) is 0.823. The van der Waals surface area contributed by atoms with Crippen LogP contribution in [0.2, 0.25) is 5.02 Å². The lowest BCUT2D eigenvalue weighted by molar-refractivity contribution is -0.132.